The summed E-state index contributed by atoms with van der Waals surface area (Å²) in [7, 11) is 0. The van der Waals surface area contributed by atoms with Crippen molar-refractivity contribution in [2.75, 3.05) is 4.90 Å². The van der Waals surface area contributed by atoms with Gasteiger partial charge in [-0.05, 0) is 52.3 Å². The Morgan fingerprint density at radius 3 is 2.50 bits per heavy atom. The van der Waals surface area contributed by atoms with Crippen LogP contribution in [0.5, 0.6) is 0 Å². The van der Waals surface area contributed by atoms with Crippen LogP contribution >= 0.6 is 22.9 Å². The molecule has 1 atom stereocenters. The minimum absolute atomic E-state index is 0.0716. The molecule has 3 rings (SSSR count). The largest absolute Gasteiger partial charge is 0.460 e. The van der Waals surface area contributed by atoms with Gasteiger partial charge in [0.1, 0.15) is 22.5 Å². The SMILES string of the molecule is Cc1sc2c(c1C)C(c1ccc(Cl)cc1)=N[C@@H](CC(=O)OC(C)(C)C)C(=N)N2C=N. The standard InChI is InChI=1S/C22H25ClN4O2S/c1-12-13(2)30-21-18(12)19(14-6-8-15(23)9-7-14)26-16(20(25)27(21)11-24)10-17(28)29-22(3,4)5/h6-9,11,16,24-25H,10H2,1-5H3/t16-/m0/s1. The number of nitrogens with zero attached hydrogens (tertiary/aromatic N) is 2. The summed E-state index contributed by atoms with van der Waals surface area (Å²) in [6.07, 6.45) is 1.03. The second-order valence-electron chi connectivity index (χ2n) is 8.14. The number of benzene rings is 1. The number of halogens is 1. The Balaban J connectivity index is 2.16. The third-order valence-electron chi connectivity index (χ3n) is 4.71. The number of esters is 1. The van der Waals surface area contributed by atoms with E-state index in [0.29, 0.717) is 10.7 Å². The van der Waals surface area contributed by atoms with Crippen LogP contribution in [-0.4, -0.2) is 35.5 Å². The summed E-state index contributed by atoms with van der Waals surface area (Å²) in [5.74, 6) is -0.359. The van der Waals surface area contributed by atoms with Gasteiger partial charge in [-0.2, -0.15) is 0 Å². The molecule has 6 nitrogen and oxygen atoms in total. The van der Waals surface area contributed by atoms with Crippen molar-refractivity contribution < 1.29 is 9.53 Å². The molecule has 30 heavy (non-hydrogen) atoms. The topological polar surface area (TPSA) is 89.6 Å². The molecule has 0 fully saturated rings. The molecule has 0 radical (unpaired) electrons. The maximum atomic E-state index is 12.5. The van der Waals surface area contributed by atoms with E-state index in [1.165, 1.54) is 16.2 Å². The van der Waals surface area contributed by atoms with Crippen LogP contribution in [0.1, 0.15) is 48.8 Å². The quantitative estimate of drug-likeness (QED) is 0.378. The minimum atomic E-state index is -0.772. The number of ether oxygens (including phenoxy) is 1. The van der Waals surface area contributed by atoms with Crippen molar-refractivity contribution in [3.63, 3.8) is 0 Å². The molecule has 1 aromatic carbocycles. The molecule has 2 aromatic rings. The van der Waals surface area contributed by atoms with Gasteiger partial charge >= 0.3 is 5.97 Å². The summed E-state index contributed by atoms with van der Waals surface area (Å²) in [6.45, 7) is 9.44. The number of thiophene rings is 1. The molecule has 1 aromatic heterocycles. The number of hydrogen-bond donors (Lipinski definition) is 2. The van der Waals surface area contributed by atoms with Gasteiger partial charge < -0.3 is 4.74 Å². The van der Waals surface area contributed by atoms with Crippen molar-refractivity contribution in [3.05, 3.63) is 50.9 Å². The number of amidine groups is 1. The van der Waals surface area contributed by atoms with Gasteiger partial charge in [-0.25, -0.2) is 0 Å². The molecule has 0 bridgehead atoms. The van der Waals surface area contributed by atoms with Crippen LogP contribution in [0.25, 0.3) is 0 Å². The smallest absolute Gasteiger partial charge is 0.308 e. The first-order valence-corrected chi connectivity index (χ1v) is 10.8. The lowest BCUT2D eigenvalue weighted by molar-refractivity contribution is -0.154. The van der Waals surface area contributed by atoms with E-state index in [9.17, 15) is 4.79 Å². The number of aliphatic imine (C=N–C) groups is 1. The monoisotopic (exact) mass is 444 g/mol. The molecule has 2 N–H and O–H groups in total. The molecule has 0 saturated heterocycles. The van der Waals surface area contributed by atoms with Gasteiger partial charge in [-0.15, -0.1) is 11.3 Å². The summed E-state index contributed by atoms with van der Waals surface area (Å²) < 4.78 is 5.46. The van der Waals surface area contributed by atoms with Crippen LogP contribution in [0, 0.1) is 24.7 Å². The average molecular weight is 445 g/mol. The summed E-state index contributed by atoms with van der Waals surface area (Å²) in [6, 6.07) is 6.57. The second-order valence-corrected chi connectivity index (χ2v) is 9.78. The first-order chi connectivity index (χ1) is 14.0. The third-order valence-corrected chi connectivity index (χ3v) is 6.17. The van der Waals surface area contributed by atoms with E-state index in [-0.39, 0.29) is 12.3 Å². The van der Waals surface area contributed by atoms with Gasteiger partial charge in [0.15, 0.2) is 0 Å². The van der Waals surface area contributed by atoms with Gasteiger partial charge in [-0.3, -0.25) is 25.5 Å². The fourth-order valence-electron chi connectivity index (χ4n) is 3.25. The van der Waals surface area contributed by atoms with Crippen LogP contribution in [0.3, 0.4) is 0 Å². The van der Waals surface area contributed by atoms with Crippen LogP contribution in [0.2, 0.25) is 5.02 Å². The molecule has 0 amide bonds. The van der Waals surface area contributed by atoms with Crippen molar-refractivity contribution in [1.29, 1.82) is 10.8 Å². The molecule has 158 valence electrons. The molecular formula is C22H25ClN4O2S. The van der Waals surface area contributed by atoms with Crippen LogP contribution in [0.15, 0.2) is 29.3 Å². The Morgan fingerprint density at radius 1 is 1.30 bits per heavy atom. The zero-order valence-electron chi connectivity index (χ0n) is 17.7. The number of rotatable bonds is 4. The lowest BCUT2D eigenvalue weighted by atomic mass is 10.00. The number of carbonyl (C=O) groups is 1. The lowest BCUT2D eigenvalue weighted by Crippen LogP contribution is -2.38. The fraction of sp³-hybridized carbons (Fsp3) is 0.364. The van der Waals surface area contributed by atoms with E-state index >= 15 is 0 Å². The van der Waals surface area contributed by atoms with Crippen LogP contribution in [-0.2, 0) is 9.53 Å². The maximum absolute atomic E-state index is 12.5. The number of hydrogen-bond acceptors (Lipinski definition) is 6. The molecule has 1 aliphatic heterocycles. The predicted molar refractivity (Wildman–Crippen MR) is 124 cm³/mol. The van der Waals surface area contributed by atoms with Crippen molar-refractivity contribution >= 4 is 51.8 Å². The van der Waals surface area contributed by atoms with Gasteiger partial charge in [0.2, 0.25) is 0 Å². The molecule has 2 heterocycles. The summed E-state index contributed by atoms with van der Waals surface area (Å²) in [5.41, 5.74) is 2.82. The van der Waals surface area contributed by atoms with Crippen molar-refractivity contribution in [2.24, 2.45) is 4.99 Å². The van der Waals surface area contributed by atoms with E-state index in [4.69, 9.17) is 32.1 Å². The first kappa shape index (κ1) is 22.2. The molecule has 1 aliphatic rings. The van der Waals surface area contributed by atoms with Gasteiger partial charge in [0.05, 0.1) is 18.5 Å². The van der Waals surface area contributed by atoms with Gasteiger partial charge in [0.25, 0.3) is 0 Å². The Bertz CT molecular complexity index is 1030. The molecule has 0 saturated carbocycles. The number of carbonyl (C=O) groups excluding carboxylic acids is 1. The number of fused-ring (bicyclic) bond motifs is 1. The first-order valence-electron chi connectivity index (χ1n) is 9.56. The number of aryl methyl sites for hydroxylation is 1. The minimum Gasteiger partial charge on any atom is -0.460 e. The van der Waals surface area contributed by atoms with E-state index in [1.54, 1.807) is 32.9 Å². The summed E-state index contributed by atoms with van der Waals surface area (Å²) >= 11 is 7.58. The van der Waals surface area contributed by atoms with Crippen molar-refractivity contribution in [1.82, 2.24) is 0 Å². The molecule has 8 heteroatoms. The van der Waals surface area contributed by atoms with E-state index < -0.39 is 17.6 Å². The normalized spacial score (nSPS) is 16.6. The highest BCUT2D eigenvalue weighted by atomic mass is 35.5. The van der Waals surface area contributed by atoms with Gasteiger partial charge in [-0.1, -0.05) is 23.7 Å². The third kappa shape index (κ3) is 4.47. The fourth-order valence-corrected chi connectivity index (χ4v) is 4.52. The zero-order chi connectivity index (χ0) is 22.2. The van der Waals surface area contributed by atoms with Crippen molar-refractivity contribution in [2.45, 2.75) is 52.7 Å². The highest BCUT2D eigenvalue weighted by Gasteiger charge is 2.34. The summed E-state index contributed by atoms with van der Waals surface area (Å²) in [5, 5.41) is 18.0. The van der Waals surface area contributed by atoms with E-state index in [0.717, 1.165) is 32.9 Å². The highest BCUT2D eigenvalue weighted by molar-refractivity contribution is 7.17. The summed E-state index contributed by atoms with van der Waals surface area (Å²) in [4.78, 5) is 20.0. The van der Waals surface area contributed by atoms with E-state index in [1.807, 2.05) is 26.0 Å². The Labute approximate surface area is 185 Å². The lowest BCUT2D eigenvalue weighted by Gasteiger charge is -2.23. The zero-order valence-corrected chi connectivity index (χ0v) is 19.2. The molecule has 0 aliphatic carbocycles. The molecular weight excluding hydrogens is 420 g/mol. The Kier molecular flexibility index (Phi) is 6.15. The maximum Gasteiger partial charge on any atom is 0.308 e. The molecule has 0 unspecified atom stereocenters. The predicted octanol–water partition coefficient (Wildman–Crippen LogP) is 5.36. The average Bonchev–Trinajstić information content (AvgIpc) is 2.87. The van der Waals surface area contributed by atoms with E-state index in [2.05, 4.69) is 0 Å². The number of anilines is 1. The molecule has 0 spiro atoms. The van der Waals surface area contributed by atoms with Crippen LogP contribution < -0.4 is 4.90 Å². The van der Waals surface area contributed by atoms with Crippen LogP contribution in [0.4, 0.5) is 5.00 Å². The highest BCUT2D eigenvalue weighted by Crippen LogP contribution is 2.39. The van der Waals surface area contributed by atoms with Gasteiger partial charge in [0, 0.05) is 21.0 Å². The van der Waals surface area contributed by atoms with Crippen molar-refractivity contribution in [3.8, 4) is 0 Å². The number of nitrogens with one attached hydrogen (secondary N) is 2. The Morgan fingerprint density at radius 2 is 1.93 bits per heavy atom. The Hall–Kier alpha value is -2.51. The second kappa shape index (κ2) is 8.32.